The van der Waals surface area contributed by atoms with Gasteiger partial charge in [0.1, 0.15) is 0 Å². The van der Waals surface area contributed by atoms with Crippen molar-refractivity contribution in [3.8, 4) is 0 Å². The van der Waals surface area contributed by atoms with E-state index >= 15 is 0 Å². The van der Waals surface area contributed by atoms with E-state index < -0.39 is 0 Å². The third-order valence-corrected chi connectivity index (χ3v) is 2.71. The van der Waals surface area contributed by atoms with Crippen molar-refractivity contribution in [3.05, 3.63) is 0 Å². The van der Waals surface area contributed by atoms with E-state index in [1.165, 1.54) is 0 Å². The third-order valence-electron chi connectivity index (χ3n) is 2.71. The summed E-state index contributed by atoms with van der Waals surface area (Å²) in [5, 5.41) is 3.12. The van der Waals surface area contributed by atoms with Crippen LogP contribution in [0.5, 0.6) is 0 Å². The van der Waals surface area contributed by atoms with Gasteiger partial charge in [-0.15, -0.1) is 24.0 Å². The lowest BCUT2D eigenvalue weighted by Gasteiger charge is -2.27. The minimum atomic E-state index is 0. The van der Waals surface area contributed by atoms with Crippen LogP contribution in [-0.2, 0) is 4.74 Å². The highest BCUT2D eigenvalue weighted by Gasteiger charge is 2.23. The van der Waals surface area contributed by atoms with Gasteiger partial charge in [0, 0.05) is 13.7 Å². The first kappa shape index (κ1) is 20.3. The molecule has 0 saturated carbocycles. The zero-order chi connectivity index (χ0) is 13.5. The fourth-order valence-corrected chi connectivity index (χ4v) is 1.43. The Kier molecular flexibility index (Phi) is 11.1. The molecule has 110 valence electrons. The normalized spacial score (nSPS) is 14.3. The number of nitrogens with two attached hydrogens (primary N) is 1. The fraction of sp³-hybridized carbons (Fsp3) is 0.923. The van der Waals surface area contributed by atoms with Gasteiger partial charge in [0.15, 0.2) is 5.96 Å². The first-order chi connectivity index (χ1) is 7.77. The number of guanidine groups is 1. The Morgan fingerprint density at radius 3 is 2.28 bits per heavy atom. The molecule has 0 amide bonds. The molecule has 0 aliphatic heterocycles. The van der Waals surface area contributed by atoms with E-state index in [0.717, 1.165) is 13.0 Å². The number of hydrogen-bond acceptors (Lipinski definition) is 2. The van der Waals surface area contributed by atoms with Crippen LogP contribution in [0.25, 0.3) is 0 Å². The summed E-state index contributed by atoms with van der Waals surface area (Å²) < 4.78 is 5.42. The van der Waals surface area contributed by atoms with Crippen molar-refractivity contribution >= 4 is 29.9 Å². The molecule has 3 N–H and O–H groups in total. The number of ether oxygens (including phenoxy) is 1. The maximum atomic E-state index is 5.79. The molecule has 0 bridgehead atoms. The summed E-state index contributed by atoms with van der Waals surface area (Å²) in [4.78, 5) is 4.32. The van der Waals surface area contributed by atoms with Crippen LogP contribution in [0.1, 0.15) is 41.0 Å². The third kappa shape index (κ3) is 9.94. The molecule has 0 fully saturated rings. The molecule has 1 unspecified atom stereocenters. The second kappa shape index (κ2) is 9.83. The number of hydrogen-bond donors (Lipinski definition) is 2. The van der Waals surface area contributed by atoms with Gasteiger partial charge in [-0.3, -0.25) is 4.99 Å². The standard InChI is InChI=1S/C13H29N3O.HI/c1-10(2)7-8-15-12(14)16-9-11(17-6)13(3,4)5;/h10-11H,7-9H2,1-6H3,(H3,14,15,16);1H. The molecular weight excluding hydrogens is 341 g/mol. The van der Waals surface area contributed by atoms with Crippen LogP contribution < -0.4 is 11.1 Å². The van der Waals surface area contributed by atoms with Crippen molar-refractivity contribution in [2.45, 2.75) is 47.1 Å². The molecule has 0 radical (unpaired) electrons. The lowest BCUT2D eigenvalue weighted by molar-refractivity contribution is 0.0241. The second-order valence-corrected chi connectivity index (χ2v) is 5.93. The summed E-state index contributed by atoms with van der Waals surface area (Å²) in [5.74, 6) is 1.19. The zero-order valence-corrected chi connectivity index (χ0v) is 14.9. The predicted octanol–water partition coefficient (Wildman–Crippen LogP) is 2.62. The van der Waals surface area contributed by atoms with Gasteiger partial charge in [0.2, 0.25) is 0 Å². The van der Waals surface area contributed by atoms with Crippen molar-refractivity contribution in [2.24, 2.45) is 22.1 Å². The van der Waals surface area contributed by atoms with E-state index in [0.29, 0.717) is 18.4 Å². The molecule has 1 atom stereocenters. The van der Waals surface area contributed by atoms with E-state index in [1.54, 1.807) is 7.11 Å². The molecule has 4 nitrogen and oxygen atoms in total. The Morgan fingerprint density at radius 2 is 1.89 bits per heavy atom. The first-order valence-corrected chi connectivity index (χ1v) is 6.34. The Bertz CT molecular complexity index is 237. The Morgan fingerprint density at radius 1 is 1.33 bits per heavy atom. The summed E-state index contributed by atoms with van der Waals surface area (Å²) >= 11 is 0. The second-order valence-electron chi connectivity index (χ2n) is 5.93. The number of methoxy groups -OCH3 is 1. The van der Waals surface area contributed by atoms with Crippen LogP contribution >= 0.6 is 24.0 Å². The molecule has 0 aromatic rings. The van der Waals surface area contributed by atoms with Gasteiger partial charge < -0.3 is 15.8 Å². The largest absolute Gasteiger partial charge is 0.379 e. The van der Waals surface area contributed by atoms with E-state index in [4.69, 9.17) is 10.5 Å². The van der Waals surface area contributed by atoms with E-state index in [2.05, 4.69) is 44.9 Å². The van der Waals surface area contributed by atoms with Crippen LogP contribution in [0.4, 0.5) is 0 Å². The Hall–Kier alpha value is -0.0400. The highest BCUT2D eigenvalue weighted by Crippen LogP contribution is 2.21. The smallest absolute Gasteiger partial charge is 0.188 e. The van der Waals surface area contributed by atoms with Crippen LogP contribution in [-0.4, -0.2) is 32.3 Å². The molecule has 0 aliphatic carbocycles. The molecule has 5 heteroatoms. The molecule has 18 heavy (non-hydrogen) atoms. The lowest BCUT2D eigenvalue weighted by atomic mass is 9.89. The summed E-state index contributed by atoms with van der Waals surface area (Å²) in [6, 6.07) is 0. The molecule has 0 aromatic heterocycles. The van der Waals surface area contributed by atoms with E-state index in [1.807, 2.05) is 0 Å². The fourth-order valence-electron chi connectivity index (χ4n) is 1.43. The van der Waals surface area contributed by atoms with Gasteiger partial charge in [-0.05, 0) is 17.8 Å². The average molecular weight is 371 g/mol. The number of rotatable bonds is 6. The van der Waals surface area contributed by atoms with E-state index in [9.17, 15) is 0 Å². The van der Waals surface area contributed by atoms with Gasteiger partial charge in [-0.25, -0.2) is 0 Å². The van der Waals surface area contributed by atoms with Crippen molar-refractivity contribution in [1.82, 2.24) is 5.32 Å². The lowest BCUT2D eigenvalue weighted by Crippen LogP contribution is -2.36. The number of nitrogens with zero attached hydrogens (tertiary/aromatic N) is 1. The van der Waals surface area contributed by atoms with Crippen molar-refractivity contribution in [2.75, 3.05) is 20.2 Å². The maximum Gasteiger partial charge on any atom is 0.188 e. The molecule has 0 saturated heterocycles. The van der Waals surface area contributed by atoms with Gasteiger partial charge in [0.05, 0.1) is 12.6 Å². The summed E-state index contributed by atoms with van der Waals surface area (Å²) in [7, 11) is 1.72. The van der Waals surface area contributed by atoms with Crippen molar-refractivity contribution in [1.29, 1.82) is 0 Å². The monoisotopic (exact) mass is 371 g/mol. The summed E-state index contributed by atoms with van der Waals surface area (Å²) in [6.07, 6.45) is 1.19. The summed E-state index contributed by atoms with van der Waals surface area (Å²) in [5.41, 5.74) is 5.87. The SMILES string of the molecule is COC(CN=C(N)NCCC(C)C)C(C)(C)C.I. The van der Waals surface area contributed by atoms with Crippen LogP contribution in [0.3, 0.4) is 0 Å². The van der Waals surface area contributed by atoms with Crippen LogP contribution in [0, 0.1) is 11.3 Å². The summed E-state index contributed by atoms with van der Waals surface area (Å²) in [6.45, 7) is 12.3. The molecule has 0 aromatic carbocycles. The number of nitrogens with one attached hydrogen (secondary N) is 1. The quantitative estimate of drug-likeness (QED) is 0.429. The minimum Gasteiger partial charge on any atom is -0.379 e. The minimum absolute atomic E-state index is 0. The van der Waals surface area contributed by atoms with Gasteiger partial charge in [-0.2, -0.15) is 0 Å². The van der Waals surface area contributed by atoms with Gasteiger partial charge >= 0.3 is 0 Å². The van der Waals surface area contributed by atoms with Crippen LogP contribution in [0.2, 0.25) is 0 Å². The highest BCUT2D eigenvalue weighted by atomic mass is 127. The van der Waals surface area contributed by atoms with E-state index in [-0.39, 0.29) is 35.5 Å². The van der Waals surface area contributed by atoms with Gasteiger partial charge in [0.25, 0.3) is 0 Å². The molecule has 0 aliphatic rings. The predicted molar refractivity (Wildman–Crippen MR) is 89.6 cm³/mol. The van der Waals surface area contributed by atoms with Crippen molar-refractivity contribution in [3.63, 3.8) is 0 Å². The zero-order valence-electron chi connectivity index (χ0n) is 12.6. The van der Waals surface area contributed by atoms with Crippen molar-refractivity contribution < 1.29 is 4.74 Å². The first-order valence-electron chi connectivity index (χ1n) is 6.34. The maximum absolute atomic E-state index is 5.79. The molecule has 0 spiro atoms. The average Bonchev–Trinajstić information content (AvgIpc) is 2.15. The Labute approximate surface area is 129 Å². The molecule has 0 heterocycles. The topological polar surface area (TPSA) is 59.6 Å². The van der Waals surface area contributed by atoms with Gasteiger partial charge in [-0.1, -0.05) is 34.6 Å². The number of halogens is 1. The number of aliphatic imine (C=N–C) groups is 1. The molecular formula is C13H30IN3O. The Balaban J connectivity index is 0. The van der Waals surface area contributed by atoms with Crippen LogP contribution in [0.15, 0.2) is 4.99 Å². The molecule has 0 rings (SSSR count). The highest BCUT2D eigenvalue weighted by molar-refractivity contribution is 14.0.